The van der Waals surface area contributed by atoms with Crippen molar-refractivity contribution < 1.29 is 4.42 Å². The first-order chi connectivity index (χ1) is 11.8. The number of fused-ring (bicyclic) bond motifs is 1. The van der Waals surface area contributed by atoms with Crippen LogP contribution in [0, 0.1) is 0 Å². The van der Waals surface area contributed by atoms with Crippen molar-refractivity contribution in [2.75, 3.05) is 5.32 Å². The van der Waals surface area contributed by atoms with Crippen molar-refractivity contribution in [3.8, 4) is 0 Å². The van der Waals surface area contributed by atoms with Crippen molar-refractivity contribution in [3.63, 3.8) is 0 Å². The third-order valence-corrected chi connectivity index (χ3v) is 4.08. The lowest BCUT2D eigenvalue weighted by Gasteiger charge is -2.07. The Morgan fingerprint density at radius 2 is 2.00 bits per heavy atom. The van der Waals surface area contributed by atoms with Crippen LogP contribution in [-0.2, 0) is 13.1 Å². The summed E-state index contributed by atoms with van der Waals surface area (Å²) in [6.07, 6.45) is 4.92. The quantitative estimate of drug-likeness (QED) is 0.600. The number of furan rings is 1. The fourth-order valence-electron chi connectivity index (χ4n) is 2.52. The van der Waals surface area contributed by atoms with Gasteiger partial charge in [0.25, 0.3) is 0 Å². The second kappa shape index (κ2) is 6.33. The highest BCUT2D eigenvalue weighted by Gasteiger charge is 2.11. The summed E-state index contributed by atoms with van der Waals surface area (Å²) in [6, 6.07) is 11.5. The fourth-order valence-corrected chi connectivity index (χ4v) is 2.72. The van der Waals surface area contributed by atoms with E-state index in [-0.39, 0.29) is 0 Å². The maximum absolute atomic E-state index is 6.24. The predicted octanol–water partition coefficient (Wildman–Crippen LogP) is 3.73. The molecule has 0 amide bonds. The first kappa shape index (κ1) is 14.7. The molecule has 3 aromatic heterocycles. The summed E-state index contributed by atoms with van der Waals surface area (Å²) in [6.45, 7) is 1.14. The molecule has 0 saturated carbocycles. The minimum atomic E-state index is 0.538. The molecule has 0 radical (unpaired) electrons. The monoisotopic (exact) mass is 339 g/mol. The van der Waals surface area contributed by atoms with Crippen LogP contribution in [0.2, 0.25) is 5.02 Å². The molecule has 0 aliphatic heterocycles. The number of hydrogen-bond donors (Lipinski definition) is 1. The molecule has 1 N–H and O–H groups in total. The number of nitrogens with one attached hydrogen (secondary N) is 1. The largest absolute Gasteiger partial charge is 0.467 e. The molecule has 24 heavy (non-hydrogen) atoms. The summed E-state index contributed by atoms with van der Waals surface area (Å²) in [5.41, 5.74) is 2.49. The zero-order valence-corrected chi connectivity index (χ0v) is 13.4. The number of benzene rings is 1. The van der Waals surface area contributed by atoms with Gasteiger partial charge >= 0.3 is 0 Å². The van der Waals surface area contributed by atoms with Gasteiger partial charge in [0.15, 0.2) is 11.5 Å². The number of nitrogens with zero attached hydrogens (tertiary/aromatic N) is 4. The normalized spacial score (nSPS) is 11.0. The smallest absolute Gasteiger partial charge is 0.165 e. The van der Waals surface area contributed by atoms with E-state index in [9.17, 15) is 0 Å². The van der Waals surface area contributed by atoms with E-state index in [0.29, 0.717) is 18.9 Å². The van der Waals surface area contributed by atoms with Gasteiger partial charge in [0, 0.05) is 5.02 Å². The highest BCUT2D eigenvalue weighted by atomic mass is 35.5. The molecule has 0 unspecified atom stereocenters. The van der Waals surface area contributed by atoms with Crippen molar-refractivity contribution >= 4 is 28.6 Å². The minimum Gasteiger partial charge on any atom is -0.467 e. The fraction of sp³-hybridized carbons (Fsp3) is 0.118. The SMILES string of the molecule is Clc1ccccc1Cn1cnc2c(NCc3ccco3)ncnc21. The molecule has 7 heteroatoms. The van der Waals surface area contributed by atoms with E-state index in [1.54, 1.807) is 12.6 Å². The maximum atomic E-state index is 6.24. The van der Waals surface area contributed by atoms with Gasteiger partial charge in [-0.05, 0) is 23.8 Å². The molecule has 0 bridgehead atoms. The van der Waals surface area contributed by atoms with Crippen LogP contribution in [0.3, 0.4) is 0 Å². The van der Waals surface area contributed by atoms with Crippen molar-refractivity contribution in [3.05, 3.63) is 71.7 Å². The van der Waals surface area contributed by atoms with Gasteiger partial charge in [0.05, 0.1) is 25.7 Å². The van der Waals surface area contributed by atoms with E-state index in [4.69, 9.17) is 16.0 Å². The second-order valence-electron chi connectivity index (χ2n) is 5.29. The Kier molecular flexibility index (Phi) is 3.88. The van der Waals surface area contributed by atoms with Gasteiger partial charge in [-0.2, -0.15) is 0 Å². The molecule has 4 rings (SSSR count). The molecule has 0 saturated heterocycles. The van der Waals surface area contributed by atoms with Gasteiger partial charge in [-0.15, -0.1) is 0 Å². The minimum absolute atomic E-state index is 0.538. The number of imidazole rings is 1. The van der Waals surface area contributed by atoms with Crippen LogP contribution < -0.4 is 5.32 Å². The van der Waals surface area contributed by atoms with E-state index >= 15 is 0 Å². The van der Waals surface area contributed by atoms with Crippen LogP contribution in [0.4, 0.5) is 5.82 Å². The molecule has 0 spiro atoms. The van der Waals surface area contributed by atoms with Gasteiger partial charge in [-0.25, -0.2) is 15.0 Å². The van der Waals surface area contributed by atoms with Gasteiger partial charge in [-0.1, -0.05) is 29.8 Å². The zero-order chi connectivity index (χ0) is 16.4. The van der Waals surface area contributed by atoms with Crippen LogP contribution in [0.15, 0.2) is 59.7 Å². The van der Waals surface area contributed by atoms with Crippen LogP contribution in [0.25, 0.3) is 11.2 Å². The Labute approximate surface area is 143 Å². The molecule has 3 heterocycles. The topological polar surface area (TPSA) is 68.8 Å². The van der Waals surface area contributed by atoms with Crippen LogP contribution >= 0.6 is 11.6 Å². The summed E-state index contributed by atoms with van der Waals surface area (Å²) in [5.74, 6) is 1.51. The second-order valence-corrected chi connectivity index (χ2v) is 5.70. The summed E-state index contributed by atoms with van der Waals surface area (Å²) >= 11 is 6.24. The Morgan fingerprint density at radius 3 is 2.83 bits per heavy atom. The number of rotatable bonds is 5. The van der Waals surface area contributed by atoms with E-state index in [2.05, 4.69) is 20.3 Å². The summed E-state index contributed by atoms with van der Waals surface area (Å²) in [4.78, 5) is 13.1. The highest BCUT2D eigenvalue weighted by Crippen LogP contribution is 2.21. The number of halogens is 1. The average molecular weight is 340 g/mol. The number of aromatic nitrogens is 4. The predicted molar refractivity (Wildman–Crippen MR) is 91.9 cm³/mol. The van der Waals surface area contributed by atoms with Gasteiger partial charge in [0.1, 0.15) is 17.6 Å². The van der Waals surface area contributed by atoms with Crippen molar-refractivity contribution in [2.45, 2.75) is 13.1 Å². The van der Waals surface area contributed by atoms with Gasteiger partial charge < -0.3 is 14.3 Å². The van der Waals surface area contributed by atoms with Crippen LogP contribution in [0.5, 0.6) is 0 Å². The molecular formula is C17H14ClN5O. The van der Waals surface area contributed by atoms with Crippen molar-refractivity contribution in [1.82, 2.24) is 19.5 Å². The third kappa shape index (κ3) is 2.83. The molecule has 0 aliphatic rings. The molecule has 0 fully saturated rings. The van der Waals surface area contributed by atoms with E-state index in [1.807, 2.05) is 41.0 Å². The standard InChI is InChI=1S/C17H14ClN5O/c18-14-6-2-1-4-12(14)9-23-11-22-15-16(20-10-21-17(15)23)19-8-13-5-3-7-24-13/h1-7,10-11H,8-9H2,(H,19,20,21). The van der Waals surface area contributed by atoms with Gasteiger partial charge in [-0.3, -0.25) is 0 Å². The third-order valence-electron chi connectivity index (χ3n) is 3.71. The lowest BCUT2D eigenvalue weighted by molar-refractivity contribution is 0.518. The van der Waals surface area contributed by atoms with Gasteiger partial charge in [0.2, 0.25) is 0 Å². The summed E-state index contributed by atoms with van der Waals surface area (Å²) in [7, 11) is 0. The van der Waals surface area contributed by atoms with Crippen LogP contribution in [-0.4, -0.2) is 19.5 Å². The first-order valence-corrected chi connectivity index (χ1v) is 7.84. The number of anilines is 1. The van der Waals surface area contributed by atoms with E-state index in [0.717, 1.165) is 27.5 Å². The maximum Gasteiger partial charge on any atom is 0.165 e. The Bertz CT molecular complexity index is 964. The summed E-state index contributed by atoms with van der Waals surface area (Å²) < 4.78 is 7.27. The Hall–Kier alpha value is -2.86. The Morgan fingerprint density at radius 1 is 1.08 bits per heavy atom. The highest BCUT2D eigenvalue weighted by molar-refractivity contribution is 6.31. The van der Waals surface area contributed by atoms with Crippen molar-refractivity contribution in [1.29, 1.82) is 0 Å². The van der Waals surface area contributed by atoms with E-state index in [1.165, 1.54) is 6.33 Å². The average Bonchev–Trinajstić information content (AvgIpc) is 3.25. The molecular weight excluding hydrogens is 326 g/mol. The molecule has 0 aliphatic carbocycles. The van der Waals surface area contributed by atoms with Crippen molar-refractivity contribution in [2.24, 2.45) is 0 Å². The Balaban J connectivity index is 1.62. The molecule has 4 aromatic rings. The molecule has 1 aromatic carbocycles. The van der Waals surface area contributed by atoms with E-state index < -0.39 is 0 Å². The molecule has 6 nitrogen and oxygen atoms in total. The molecule has 0 atom stereocenters. The lowest BCUT2D eigenvalue weighted by atomic mass is 10.2. The zero-order valence-electron chi connectivity index (χ0n) is 12.7. The number of hydrogen-bond acceptors (Lipinski definition) is 5. The molecule has 120 valence electrons. The lowest BCUT2D eigenvalue weighted by Crippen LogP contribution is -2.03. The first-order valence-electron chi connectivity index (χ1n) is 7.47. The summed E-state index contributed by atoms with van der Waals surface area (Å²) in [5, 5.41) is 3.96. The van der Waals surface area contributed by atoms with Crippen LogP contribution in [0.1, 0.15) is 11.3 Å².